The lowest BCUT2D eigenvalue weighted by molar-refractivity contribution is 0.476. The molecule has 92 valence electrons. The summed E-state index contributed by atoms with van der Waals surface area (Å²) in [6.07, 6.45) is 2.58. The van der Waals surface area contributed by atoms with E-state index in [0.29, 0.717) is 6.54 Å². The van der Waals surface area contributed by atoms with E-state index in [9.17, 15) is 5.11 Å². The molecule has 1 aromatic carbocycles. The smallest absolute Gasteiger partial charge is 0.116 e. The van der Waals surface area contributed by atoms with Crippen LogP contribution in [0.3, 0.4) is 0 Å². The van der Waals surface area contributed by atoms with Crippen LogP contribution in [0.2, 0.25) is 0 Å². The molecule has 0 atom stereocenters. The second-order valence-corrected chi connectivity index (χ2v) is 4.26. The minimum Gasteiger partial charge on any atom is -0.508 e. The van der Waals surface area contributed by atoms with Gasteiger partial charge in [0.2, 0.25) is 0 Å². The van der Waals surface area contributed by atoms with Crippen molar-refractivity contribution in [3.05, 3.63) is 36.0 Å². The van der Waals surface area contributed by atoms with Gasteiger partial charge < -0.3 is 15.8 Å². The van der Waals surface area contributed by atoms with Crippen molar-refractivity contribution < 1.29 is 5.11 Å². The fourth-order valence-electron chi connectivity index (χ4n) is 2.14. The Balaban J connectivity index is 2.10. The third kappa shape index (κ3) is 1.74. The molecule has 5 nitrogen and oxygen atoms in total. The Morgan fingerprint density at radius 1 is 1.28 bits per heavy atom. The number of hydrogen-bond acceptors (Lipinski definition) is 3. The Kier molecular flexibility index (Phi) is 2.53. The highest BCUT2D eigenvalue weighted by Crippen LogP contribution is 2.27. The number of benzene rings is 1. The van der Waals surface area contributed by atoms with Gasteiger partial charge in [-0.2, -0.15) is 5.10 Å². The first-order valence-electron chi connectivity index (χ1n) is 5.82. The van der Waals surface area contributed by atoms with Crippen LogP contribution in [-0.2, 0) is 6.42 Å². The van der Waals surface area contributed by atoms with E-state index in [1.54, 1.807) is 18.3 Å². The summed E-state index contributed by atoms with van der Waals surface area (Å²) in [5.41, 5.74) is 9.56. The van der Waals surface area contributed by atoms with E-state index in [0.717, 1.165) is 34.3 Å². The molecular weight excluding hydrogens is 228 g/mol. The Labute approximate surface area is 104 Å². The average Bonchev–Trinajstić information content (AvgIpc) is 2.94. The molecule has 2 aromatic heterocycles. The first-order chi connectivity index (χ1) is 8.78. The molecule has 0 spiro atoms. The highest BCUT2D eigenvalue weighted by molar-refractivity contribution is 5.86. The van der Waals surface area contributed by atoms with E-state index in [-0.39, 0.29) is 5.75 Å². The minimum atomic E-state index is 0.264. The molecule has 0 bridgehead atoms. The van der Waals surface area contributed by atoms with Crippen LogP contribution in [0.15, 0.2) is 30.5 Å². The Morgan fingerprint density at radius 3 is 3.00 bits per heavy atom. The zero-order chi connectivity index (χ0) is 12.5. The predicted molar refractivity (Wildman–Crippen MR) is 70.3 cm³/mol. The van der Waals surface area contributed by atoms with Crippen molar-refractivity contribution >= 4 is 10.9 Å². The van der Waals surface area contributed by atoms with Crippen LogP contribution < -0.4 is 5.73 Å². The highest BCUT2D eigenvalue weighted by Gasteiger charge is 2.10. The number of nitrogens with zero attached hydrogens (tertiary/aromatic N) is 1. The first-order valence-corrected chi connectivity index (χ1v) is 5.82. The molecule has 0 aliphatic carbocycles. The number of fused-ring (bicyclic) bond motifs is 1. The third-order valence-corrected chi connectivity index (χ3v) is 3.01. The number of phenolic OH excluding ortho intramolecular Hbond substituents is 1. The van der Waals surface area contributed by atoms with Gasteiger partial charge in [0.15, 0.2) is 0 Å². The van der Waals surface area contributed by atoms with Gasteiger partial charge in [-0.05, 0) is 37.2 Å². The maximum atomic E-state index is 9.46. The van der Waals surface area contributed by atoms with Gasteiger partial charge >= 0.3 is 0 Å². The topological polar surface area (TPSA) is 90.7 Å². The van der Waals surface area contributed by atoms with Crippen LogP contribution in [-0.4, -0.2) is 26.8 Å². The predicted octanol–water partition coefficient (Wildman–Crippen LogP) is 1.76. The van der Waals surface area contributed by atoms with Gasteiger partial charge in [0.05, 0.1) is 17.6 Å². The van der Waals surface area contributed by atoms with E-state index >= 15 is 0 Å². The second kappa shape index (κ2) is 4.19. The molecule has 0 saturated heterocycles. The molecule has 5 N–H and O–H groups in total. The molecule has 18 heavy (non-hydrogen) atoms. The van der Waals surface area contributed by atoms with Crippen LogP contribution in [0.4, 0.5) is 0 Å². The molecule has 0 unspecified atom stereocenters. The fraction of sp³-hybridized carbons (Fsp3) is 0.154. The van der Waals surface area contributed by atoms with Gasteiger partial charge in [-0.1, -0.05) is 0 Å². The summed E-state index contributed by atoms with van der Waals surface area (Å²) in [4.78, 5) is 3.30. The summed E-state index contributed by atoms with van der Waals surface area (Å²) in [7, 11) is 0. The van der Waals surface area contributed by atoms with Gasteiger partial charge in [-0.25, -0.2) is 0 Å². The molecule has 0 aliphatic rings. The molecule has 0 saturated carbocycles. The monoisotopic (exact) mass is 242 g/mol. The van der Waals surface area contributed by atoms with Crippen LogP contribution in [0, 0.1) is 0 Å². The summed E-state index contributed by atoms with van der Waals surface area (Å²) in [5, 5.41) is 17.5. The average molecular weight is 242 g/mol. The summed E-state index contributed by atoms with van der Waals surface area (Å²) in [6.45, 7) is 0.591. The summed E-state index contributed by atoms with van der Waals surface area (Å²) in [6, 6.07) is 7.24. The number of hydrogen-bond donors (Lipinski definition) is 4. The van der Waals surface area contributed by atoms with Crippen molar-refractivity contribution in [3.8, 4) is 17.1 Å². The van der Waals surface area contributed by atoms with Crippen LogP contribution >= 0.6 is 0 Å². The maximum Gasteiger partial charge on any atom is 0.116 e. The molecule has 0 amide bonds. The number of aromatic hydroxyl groups is 1. The lowest BCUT2D eigenvalue weighted by atomic mass is 10.1. The molecule has 5 heteroatoms. The van der Waals surface area contributed by atoms with E-state index in [1.165, 1.54) is 0 Å². The lowest BCUT2D eigenvalue weighted by Gasteiger charge is -1.98. The van der Waals surface area contributed by atoms with Crippen LogP contribution in [0.1, 0.15) is 5.56 Å². The van der Waals surface area contributed by atoms with Crippen LogP contribution in [0.25, 0.3) is 22.3 Å². The number of phenols is 1. The second-order valence-electron chi connectivity index (χ2n) is 4.26. The van der Waals surface area contributed by atoms with Crippen molar-refractivity contribution in [3.63, 3.8) is 0 Å². The highest BCUT2D eigenvalue weighted by atomic mass is 16.3. The number of H-pyrrole nitrogens is 2. The fourth-order valence-corrected chi connectivity index (χ4v) is 2.14. The summed E-state index contributed by atoms with van der Waals surface area (Å²) >= 11 is 0. The zero-order valence-electron chi connectivity index (χ0n) is 9.77. The van der Waals surface area contributed by atoms with Gasteiger partial charge in [-0.15, -0.1) is 0 Å². The van der Waals surface area contributed by atoms with E-state index in [1.807, 2.05) is 12.1 Å². The number of nitrogens with one attached hydrogen (secondary N) is 2. The number of aromatic amines is 2. The Bertz CT molecular complexity index is 683. The summed E-state index contributed by atoms with van der Waals surface area (Å²) < 4.78 is 0. The molecule has 3 rings (SSSR count). The van der Waals surface area contributed by atoms with Crippen molar-refractivity contribution in [1.29, 1.82) is 0 Å². The van der Waals surface area contributed by atoms with Crippen LogP contribution in [0.5, 0.6) is 5.75 Å². The van der Waals surface area contributed by atoms with Gasteiger partial charge in [0, 0.05) is 16.5 Å². The molecule has 2 heterocycles. The maximum absolute atomic E-state index is 9.46. The van der Waals surface area contributed by atoms with Crippen molar-refractivity contribution in [1.82, 2.24) is 15.2 Å². The van der Waals surface area contributed by atoms with E-state index < -0.39 is 0 Å². The SMILES string of the molecule is NCCc1cn[nH]c1-c1cc2cc(O)ccc2[nH]1. The van der Waals surface area contributed by atoms with Crippen molar-refractivity contribution in [2.45, 2.75) is 6.42 Å². The molecule has 0 radical (unpaired) electrons. The summed E-state index contributed by atoms with van der Waals surface area (Å²) in [5.74, 6) is 0.264. The van der Waals surface area contributed by atoms with Gasteiger partial charge in [0.1, 0.15) is 5.75 Å². The standard InChI is InChI=1S/C13H14N4O/c14-4-3-8-7-15-17-13(8)12-6-9-5-10(18)1-2-11(9)16-12/h1-2,5-7,16,18H,3-4,14H2,(H,15,17). The normalized spacial score (nSPS) is 11.2. The number of rotatable bonds is 3. The third-order valence-electron chi connectivity index (χ3n) is 3.01. The Morgan fingerprint density at radius 2 is 2.17 bits per heavy atom. The van der Waals surface area contributed by atoms with Gasteiger partial charge in [0.25, 0.3) is 0 Å². The molecule has 3 aromatic rings. The molecule has 0 fully saturated rings. The van der Waals surface area contributed by atoms with Gasteiger partial charge in [-0.3, -0.25) is 5.10 Å². The molecular formula is C13H14N4O. The number of aromatic nitrogens is 3. The molecule has 0 aliphatic heterocycles. The first kappa shape index (κ1) is 10.9. The number of nitrogens with two attached hydrogens (primary N) is 1. The largest absolute Gasteiger partial charge is 0.508 e. The zero-order valence-corrected chi connectivity index (χ0v) is 9.77. The quantitative estimate of drug-likeness (QED) is 0.564. The van der Waals surface area contributed by atoms with E-state index in [4.69, 9.17) is 5.73 Å². The minimum absolute atomic E-state index is 0.264. The van der Waals surface area contributed by atoms with Crippen molar-refractivity contribution in [2.24, 2.45) is 5.73 Å². The van der Waals surface area contributed by atoms with E-state index in [2.05, 4.69) is 15.2 Å². The lowest BCUT2D eigenvalue weighted by Crippen LogP contribution is -2.02. The van der Waals surface area contributed by atoms with Crippen molar-refractivity contribution in [2.75, 3.05) is 6.54 Å². The Hall–Kier alpha value is -2.27.